The molecule has 0 radical (unpaired) electrons. The number of ether oxygens (including phenoxy) is 1. The summed E-state index contributed by atoms with van der Waals surface area (Å²) in [6, 6.07) is 6.98. The molecule has 3 nitrogen and oxygen atoms in total. The maximum atomic E-state index is 5.53. The Kier molecular flexibility index (Phi) is 4.82. The van der Waals surface area contributed by atoms with Crippen molar-refractivity contribution in [2.75, 3.05) is 26.5 Å². The van der Waals surface area contributed by atoms with E-state index in [2.05, 4.69) is 63.3 Å². The van der Waals surface area contributed by atoms with Crippen LogP contribution in [0.2, 0.25) is 0 Å². The predicted octanol–water partition coefficient (Wildman–Crippen LogP) is 3.99. The van der Waals surface area contributed by atoms with Gasteiger partial charge in [0.15, 0.2) is 0 Å². The Morgan fingerprint density at radius 1 is 1.29 bits per heavy atom. The van der Waals surface area contributed by atoms with Gasteiger partial charge >= 0.3 is 0 Å². The molecule has 0 aromatic heterocycles. The summed E-state index contributed by atoms with van der Waals surface area (Å²) >= 11 is 0. The van der Waals surface area contributed by atoms with Gasteiger partial charge in [0.1, 0.15) is 5.75 Å². The van der Waals surface area contributed by atoms with E-state index < -0.39 is 0 Å². The maximum absolute atomic E-state index is 5.53. The molecule has 0 bridgehead atoms. The minimum Gasteiger partial charge on any atom is -0.495 e. The molecule has 0 heterocycles. The Morgan fingerprint density at radius 3 is 2.52 bits per heavy atom. The van der Waals surface area contributed by atoms with Crippen LogP contribution >= 0.6 is 0 Å². The van der Waals surface area contributed by atoms with Gasteiger partial charge in [0.2, 0.25) is 0 Å². The fourth-order valence-corrected chi connectivity index (χ4v) is 3.62. The van der Waals surface area contributed by atoms with Gasteiger partial charge < -0.3 is 15.0 Å². The van der Waals surface area contributed by atoms with Crippen molar-refractivity contribution in [2.24, 2.45) is 11.3 Å². The van der Waals surface area contributed by atoms with E-state index in [0.717, 1.165) is 18.0 Å². The number of rotatable bonds is 5. The number of anilines is 1. The van der Waals surface area contributed by atoms with E-state index in [1.807, 2.05) is 0 Å². The molecule has 0 amide bonds. The van der Waals surface area contributed by atoms with E-state index in [1.54, 1.807) is 7.11 Å². The van der Waals surface area contributed by atoms with E-state index >= 15 is 0 Å². The molecule has 21 heavy (non-hydrogen) atoms. The lowest BCUT2D eigenvalue weighted by Crippen LogP contribution is -2.23. The number of hydrogen-bond donors (Lipinski definition) is 1. The van der Waals surface area contributed by atoms with Crippen molar-refractivity contribution in [3.05, 3.63) is 23.8 Å². The lowest BCUT2D eigenvalue weighted by molar-refractivity contribution is 0.366. The predicted molar refractivity (Wildman–Crippen MR) is 90.0 cm³/mol. The molecule has 2 unspecified atom stereocenters. The van der Waals surface area contributed by atoms with Crippen molar-refractivity contribution in [3.8, 4) is 5.75 Å². The molecule has 1 saturated carbocycles. The first-order valence-corrected chi connectivity index (χ1v) is 7.89. The Morgan fingerprint density at radius 2 is 2.00 bits per heavy atom. The molecule has 1 aromatic rings. The summed E-state index contributed by atoms with van der Waals surface area (Å²) in [4.78, 5) is 2.19. The van der Waals surface area contributed by atoms with Gasteiger partial charge in [-0.1, -0.05) is 26.8 Å². The molecular formula is C18H30N2O. The molecule has 0 aliphatic heterocycles. The number of benzene rings is 1. The van der Waals surface area contributed by atoms with Crippen molar-refractivity contribution in [1.29, 1.82) is 0 Å². The maximum Gasteiger partial charge on any atom is 0.141 e. The molecule has 1 aliphatic carbocycles. The van der Waals surface area contributed by atoms with Crippen LogP contribution in [0, 0.1) is 11.3 Å². The largest absolute Gasteiger partial charge is 0.495 e. The van der Waals surface area contributed by atoms with Crippen LogP contribution in [0.5, 0.6) is 5.75 Å². The van der Waals surface area contributed by atoms with Crippen LogP contribution in [-0.2, 0) is 6.54 Å². The van der Waals surface area contributed by atoms with E-state index in [9.17, 15) is 0 Å². The average Bonchev–Trinajstić information content (AvgIpc) is 2.62. The number of methoxy groups -OCH3 is 1. The average molecular weight is 290 g/mol. The van der Waals surface area contributed by atoms with Crippen LogP contribution in [0.1, 0.15) is 39.2 Å². The monoisotopic (exact) mass is 290 g/mol. The highest BCUT2D eigenvalue weighted by Crippen LogP contribution is 2.43. The van der Waals surface area contributed by atoms with E-state index in [1.165, 1.54) is 18.4 Å². The fourth-order valence-electron chi connectivity index (χ4n) is 3.62. The van der Waals surface area contributed by atoms with Gasteiger partial charge in [-0.3, -0.25) is 0 Å². The Labute approximate surface area is 129 Å². The summed E-state index contributed by atoms with van der Waals surface area (Å²) in [5.74, 6) is 1.64. The van der Waals surface area contributed by atoms with Gasteiger partial charge in [-0.15, -0.1) is 0 Å². The van der Waals surface area contributed by atoms with Gasteiger partial charge in [0, 0.05) is 12.6 Å². The molecule has 0 spiro atoms. The van der Waals surface area contributed by atoms with Crippen LogP contribution in [0.4, 0.5) is 5.69 Å². The molecule has 1 aliphatic rings. The van der Waals surface area contributed by atoms with Crippen molar-refractivity contribution >= 4 is 5.69 Å². The van der Waals surface area contributed by atoms with Crippen LogP contribution in [-0.4, -0.2) is 32.1 Å². The SMILES string of the molecule is COc1ccc(CN(C)C)cc1NC1CC(C)(C)CC1C. The summed E-state index contributed by atoms with van der Waals surface area (Å²) in [5, 5.41) is 3.74. The van der Waals surface area contributed by atoms with Gasteiger partial charge in [-0.2, -0.15) is 0 Å². The molecular weight excluding hydrogens is 260 g/mol. The third-order valence-electron chi connectivity index (χ3n) is 4.44. The fraction of sp³-hybridized carbons (Fsp3) is 0.667. The van der Waals surface area contributed by atoms with Gasteiger partial charge in [0.25, 0.3) is 0 Å². The quantitative estimate of drug-likeness (QED) is 0.887. The zero-order valence-electron chi connectivity index (χ0n) is 14.4. The molecule has 2 atom stereocenters. The molecule has 0 saturated heterocycles. The molecule has 118 valence electrons. The highest BCUT2D eigenvalue weighted by molar-refractivity contribution is 5.59. The topological polar surface area (TPSA) is 24.5 Å². The lowest BCUT2D eigenvalue weighted by atomic mass is 9.91. The van der Waals surface area contributed by atoms with Crippen molar-refractivity contribution in [1.82, 2.24) is 4.90 Å². The minimum absolute atomic E-state index is 0.436. The van der Waals surface area contributed by atoms with Crippen molar-refractivity contribution in [3.63, 3.8) is 0 Å². The normalized spacial score (nSPS) is 24.3. The number of nitrogens with zero attached hydrogens (tertiary/aromatic N) is 1. The molecule has 1 aromatic carbocycles. The first kappa shape index (κ1) is 16.2. The zero-order valence-corrected chi connectivity index (χ0v) is 14.4. The van der Waals surface area contributed by atoms with Crippen molar-refractivity contribution < 1.29 is 4.74 Å². The Hall–Kier alpha value is -1.22. The van der Waals surface area contributed by atoms with Crippen LogP contribution in [0.25, 0.3) is 0 Å². The number of nitrogens with one attached hydrogen (secondary N) is 1. The van der Waals surface area contributed by atoms with E-state index in [4.69, 9.17) is 4.74 Å². The van der Waals surface area contributed by atoms with Crippen LogP contribution < -0.4 is 10.1 Å². The standard InChI is InChI=1S/C18H30N2O/c1-13-10-18(2,3)11-16(13)19-15-9-14(12-20(4)5)7-8-17(15)21-6/h7-9,13,16,19H,10-12H2,1-6H3. The van der Waals surface area contributed by atoms with Gasteiger partial charge in [-0.25, -0.2) is 0 Å². The second-order valence-electron chi connectivity index (χ2n) is 7.57. The second kappa shape index (κ2) is 6.27. The molecule has 2 rings (SSSR count). The van der Waals surface area contributed by atoms with E-state index in [-0.39, 0.29) is 0 Å². The zero-order chi connectivity index (χ0) is 15.6. The van der Waals surface area contributed by atoms with Crippen LogP contribution in [0.15, 0.2) is 18.2 Å². The lowest BCUT2D eigenvalue weighted by Gasteiger charge is -2.22. The first-order valence-electron chi connectivity index (χ1n) is 7.89. The van der Waals surface area contributed by atoms with Gasteiger partial charge in [0.05, 0.1) is 12.8 Å². The molecule has 1 fully saturated rings. The third-order valence-corrected chi connectivity index (χ3v) is 4.44. The molecule has 3 heteroatoms. The molecule has 1 N–H and O–H groups in total. The van der Waals surface area contributed by atoms with Gasteiger partial charge in [-0.05, 0) is 56.0 Å². The highest BCUT2D eigenvalue weighted by Gasteiger charge is 2.36. The summed E-state index contributed by atoms with van der Waals surface area (Å²) in [5.41, 5.74) is 2.88. The van der Waals surface area contributed by atoms with E-state index in [0.29, 0.717) is 17.4 Å². The smallest absolute Gasteiger partial charge is 0.141 e. The Bertz CT molecular complexity index is 482. The Balaban J connectivity index is 2.17. The minimum atomic E-state index is 0.436. The summed E-state index contributed by atoms with van der Waals surface area (Å²) in [6.07, 6.45) is 2.50. The van der Waals surface area contributed by atoms with Crippen LogP contribution in [0.3, 0.4) is 0 Å². The summed E-state index contributed by atoms with van der Waals surface area (Å²) in [6.45, 7) is 8.03. The third kappa shape index (κ3) is 4.13. The highest BCUT2D eigenvalue weighted by atomic mass is 16.5. The van der Waals surface area contributed by atoms with Crippen molar-refractivity contribution in [2.45, 2.75) is 46.2 Å². The second-order valence-corrected chi connectivity index (χ2v) is 7.57. The summed E-state index contributed by atoms with van der Waals surface area (Å²) < 4.78 is 5.53. The number of hydrogen-bond acceptors (Lipinski definition) is 3. The first-order chi connectivity index (χ1) is 9.80. The summed E-state index contributed by atoms with van der Waals surface area (Å²) in [7, 11) is 5.94.